The van der Waals surface area contributed by atoms with E-state index in [0.29, 0.717) is 5.75 Å². The third kappa shape index (κ3) is 5.75. The SMILES string of the molecule is CCCCCCC(C)C(O)(CSc1ccc(OC)cc1)c1cccnc1. The molecule has 0 aliphatic carbocycles. The lowest BCUT2D eigenvalue weighted by Gasteiger charge is -2.34. The molecule has 0 radical (unpaired) electrons. The predicted octanol–water partition coefficient (Wildman–Crippen LogP) is 5.68. The number of hydrogen-bond donors (Lipinski definition) is 1. The van der Waals surface area contributed by atoms with Crippen LogP contribution in [0.4, 0.5) is 0 Å². The van der Waals surface area contributed by atoms with E-state index in [0.717, 1.165) is 29.1 Å². The second-order valence-corrected chi connectivity index (χ2v) is 7.93. The van der Waals surface area contributed by atoms with Crippen LogP contribution in [0, 0.1) is 5.92 Å². The average molecular weight is 374 g/mol. The fourth-order valence-electron chi connectivity index (χ4n) is 3.11. The fraction of sp³-hybridized carbons (Fsp3) is 0.500. The summed E-state index contributed by atoms with van der Waals surface area (Å²) in [5.74, 6) is 1.63. The van der Waals surface area contributed by atoms with Crippen molar-refractivity contribution in [2.75, 3.05) is 12.9 Å². The molecule has 2 rings (SSSR count). The molecule has 2 aromatic rings. The summed E-state index contributed by atoms with van der Waals surface area (Å²) < 4.78 is 5.22. The van der Waals surface area contributed by atoms with E-state index in [2.05, 4.69) is 18.8 Å². The number of pyridine rings is 1. The predicted molar refractivity (Wildman–Crippen MR) is 110 cm³/mol. The van der Waals surface area contributed by atoms with Gasteiger partial charge in [-0.05, 0) is 42.7 Å². The van der Waals surface area contributed by atoms with Crippen LogP contribution in [-0.2, 0) is 5.60 Å². The van der Waals surface area contributed by atoms with E-state index in [1.807, 2.05) is 36.4 Å². The van der Waals surface area contributed by atoms with Gasteiger partial charge in [0.25, 0.3) is 0 Å². The van der Waals surface area contributed by atoms with Crippen LogP contribution in [0.25, 0.3) is 0 Å². The number of methoxy groups -OCH3 is 1. The van der Waals surface area contributed by atoms with Crippen molar-refractivity contribution in [3.05, 3.63) is 54.4 Å². The van der Waals surface area contributed by atoms with E-state index >= 15 is 0 Å². The Balaban J connectivity index is 2.09. The van der Waals surface area contributed by atoms with Gasteiger partial charge in [0.2, 0.25) is 0 Å². The summed E-state index contributed by atoms with van der Waals surface area (Å²) in [5, 5.41) is 11.6. The molecule has 1 heterocycles. The minimum absolute atomic E-state index is 0.175. The Morgan fingerprint density at radius 3 is 2.54 bits per heavy atom. The lowest BCUT2D eigenvalue weighted by atomic mass is 9.81. The average Bonchev–Trinajstić information content (AvgIpc) is 2.70. The summed E-state index contributed by atoms with van der Waals surface area (Å²) in [6.07, 6.45) is 9.46. The number of ether oxygens (including phenoxy) is 1. The normalized spacial score (nSPS) is 14.6. The molecular weight excluding hydrogens is 342 g/mol. The quantitative estimate of drug-likeness (QED) is 0.407. The van der Waals surface area contributed by atoms with E-state index in [9.17, 15) is 5.11 Å². The number of aliphatic hydroxyl groups is 1. The number of hydrogen-bond acceptors (Lipinski definition) is 4. The minimum atomic E-state index is -0.884. The molecule has 0 amide bonds. The number of rotatable bonds is 11. The molecule has 1 aromatic carbocycles. The Morgan fingerprint density at radius 1 is 1.15 bits per heavy atom. The van der Waals surface area contributed by atoms with Crippen molar-refractivity contribution in [3.8, 4) is 5.75 Å². The maximum atomic E-state index is 11.6. The van der Waals surface area contributed by atoms with Crippen molar-refractivity contribution in [2.24, 2.45) is 5.92 Å². The van der Waals surface area contributed by atoms with E-state index < -0.39 is 5.60 Å². The van der Waals surface area contributed by atoms with Crippen molar-refractivity contribution >= 4 is 11.8 Å². The largest absolute Gasteiger partial charge is 0.497 e. The van der Waals surface area contributed by atoms with Gasteiger partial charge in [-0.2, -0.15) is 0 Å². The molecule has 142 valence electrons. The second kappa shape index (κ2) is 10.6. The molecule has 0 bridgehead atoms. The second-order valence-electron chi connectivity index (χ2n) is 6.88. The van der Waals surface area contributed by atoms with Gasteiger partial charge in [0.05, 0.1) is 7.11 Å². The number of benzene rings is 1. The van der Waals surface area contributed by atoms with Crippen molar-refractivity contribution in [2.45, 2.75) is 56.4 Å². The Hall–Kier alpha value is -1.52. The molecule has 0 aliphatic rings. The first-order valence-corrected chi connectivity index (χ1v) is 10.5. The zero-order chi connectivity index (χ0) is 18.8. The lowest BCUT2D eigenvalue weighted by molar-refractivity contribution is 0.00177. The van der Waals surface area contributed by atoms with Gasteiger partial charge in [-0.15, -0.1) is 11.8 Å². The van der Waals surface area contributed by atoms with Crippen molar-refractivity contribution in [1.82, 2.24) is 4.98 Å². The highest BCUT2D eigenvalue weighted by atomic mass is 32.2. The molecule has 0 fully saturated rings. The first-order valence-electron chi connectivity index (χ1n) is 9.50. The standard InChI is InChI=1S/C22H31NO2S/c1-4-5-6-7-9-18(2)22(24,19-10-8-15-23-16-19)17-26-21-13-11-20(25-3)12-14-21/h8,10-16,18,24H,4-7,9,17H2,1-3H3. The molecule has 4 heteroatoms. The summed E-state index contributed by atoms with van der Waals surface area (Å²) in [6, 6.07) is 11.9. The highest BCUT2D eigenvalue weighted by molar-refractivity contribution is 7.99. The van der Waals surface area contributed by atoms with Crippen LogP contribution in [0.5, 0.6) is 5.75 Å². The molecule has 26 heavy (non-hydrogen) atoms. The number of unbranched alkanes of at least 4 members (excludes halogenated alkanes) is 3. The van der Waals surface area contributed by atoms with Gasteiger partial charge in [-0.3, -0.25) is 4.98 Å². The van der Waals surface area contributed by atoms with Crippen LogP contribution >= 0.6 is 11.8 Å². The lowest BCUT2D eigenvalue weighted by Crippen LogP contribution is -2.36. The summed E-state index contributed by atoms with van der Waals surface area (Å²) >= 11 is 1.68. The molecule has 0 spiro atoms. The van der Waals surface area contributed by atoms with E-state index in [4.69, 9.17) is 4.74 Å². The van der Waals surface area contributed by atoms with Crippen LogP contribution in [0.3, 0.4) is 0 Å². The molecular formula is C22H31NO2S. The van der Waals surface area contributed by atoms with Crippen LogP contribution in [0.2, 0.25) is 0 Å². The fourth-order valence-corrected chi connectivity index (χ4v) is 4.28. The zero-order valence-corrected chi connectivity index (χ0v) is 17.0. The van der Waals surface area contributed by atoms with E-state index in [1.165, 1.54) is 19.3 Å². The Bertz CT molecular complexity index is 632. The molecule has 1 aromatic heterocycles. The van der Waals surface area contributed by atoms with Gasteiger partial charge in [0.1, 0.15) is 11.4 Å². The van der Waals surface area contributed by atoms with Crippen LogP contribution in [0.15, 0.2) is 53.7 Å². The maximum absolute atomic E-state index is 11.6. The van der Waals surface area contributed by atoms with Gasteiger partial charge in [0, 0.05) is 28.6 Å². The maximum Gasteiger partial charge on any atom is 0.118 e. The monoisotopic (exact) mass is 373 g/mol. The first-order chi connectivity index (χ1) is 12.6. The van der Waals surface area contributed by atoms with Crippen LogP contribution in [0.1, 0.15) is 51.5 Å². The summed E-state index contributed by atoms with van der Waals surface area (Å²) in [4.78, 5) is 5.37. The molecule has 0 saturated heterocycles. The number of thioether (sulfide) groups is 1. The van der Waals surface area contributed by atoms with E-state index in [1.54, 1.807) is 31.3 Å². The Morgan fingerprint density at radius 2 is 1.92 bits per heavy atom. The molecule has 3 nitrogen and oxygen atoms in total. The number of nitrogens with zero attached hydrogens (tertiary/aromatic N) is 1. The molecule has 2 atom stereocenters. The van der Waals surface area contributed by atoms with Crippen LogP contribution < -0.4 is 4.74 Å². The third-order valence-corrected chi connectivity index (χ3v) is 6.18. The molecule has 0 saturated carbocycles. The smallest absolute Gasteiger partial charge is 0.118 e. The highest BCUT2D eigenvalue weighted by Crippen LogP contribution is 2.38. The minimum Gasteiger partial charge on any atom is -0.497 e. The van der Waals surface area contributed by atoms with Gasteiger partial charge in [-0.1, -0.05) is 45.6 Å². The topological polar surface area (TPSA) is 42.4 Å². The number of aromatic nitrogens is 1. The van der Waals surface area contributed by atoms with Gasteiger partial charge >= 0.3 is 0 Å². The van der Waals surface area contributed by atoms with Crippen molar-refractivity contribution in [3.63, 3.8) is 0 Å². The Labute approximate surface area is 162 Å². The van der Waals surface area contributed by atoms with Crippen molar-refractivity contribution < 1.29 is 9.84 Å². The van der Waals surface area contributed by atoms with Gasteiger partial charge in [-0.25, -0.2) is 0 Å². The molecule has 2 unspecified atom stereocenters. The Kier molecular flexibility index (Phi) is 8.46. The first kappa shape index (κ1) is 20.8. The molecule has 0 aliphatic heterocycles. The molecule has 1 N–H and O–H groups in total. The third-order valence-electron chi connectivity index (χ3n) is 4.99. The van der Waals surface area contributed by atoms with Crippen LogP contribution in [-0.4, -0.2) is 23.0 Å². The summed E-state index contributed by atoms with van der Waals surface area (Å²) in [5.41, 5.74) is 0.0226. The van der Waals surface area contributed by atoms with Crippen molar-refractivity contribution in [1.29, 1.82) is 0 Å². The van der Waals surface area contributed by atoms with Gasteiger partial charge in [0.15, 0.2) is 0 Å². The van der Waals surface area contributed by atoms with Gasteiger partial charge < -0.3 is 9.84 Å². The van der Waals surface area contributed by atoms with E-state index in [-0.39, 0.29) is 5.92 Å². The summed E-state index contributed by atoms with van der Waals surface area (Å²) in [7, 11) is 1.67. The zero-order valence-electron chi connectivity index (χ0n) is 16.1. The highest BCUT2D eigenvalue weighted by Gasteiger charge is 2.35. The summed E-state index contributed by atoms with van der Waals surface area (Å²) in [6.45, 7) is 4.38.